The van der Waals surface area contributed by atoms with Gasteiger partial charge in [-0.25, -0.2) is 9.78 Å². The van der Waals surface area contributed by atoms with E-state index in [1.807, 2.05) is 6.92 Å². The molecule has 0 amide bonds. The summed E-state index contributed by atoms with van der Waals surface area (Å²) in [5.41, 5.74) is 1.41. The number of nitrogens with zero attached hydrogens (tertiary/aromatic N) is 3. The number of fused-ring (bicyclic) bond motifs is 1. The van der Waals surface area contributed by atoms with Gasteiger partial charge in [0.1, 0.15) is 5.56 Å². The first-order valence-electron chi connectivity index (χ1n) is 4.93. The molecule has 0 spiro atoms. The quantitative estimate of drug-likeness (QED) is 0.809. The maximum absolute atomic E-state index is 11.0. The first kappa shape index (κ1) is 10.4. The minimum atomic E-state index is -0.991. The van der Waals surface area contributed by atoms with Gasteiger partial charge in [-0.05, 0) is 6.92 Å². The predicted octanol–water partition coefficient (Wildman–Crippen LogP) is 1.10. The Kier molecular flexibility index (Phi) is 2.47. The number of hydrogen-bond donors (Lipinski definition) is 2. The van der Waals surface area contributed by atoms with E-state index in [1.165, 1.54) is 6.20 Å². The fourth-order valence-corrected chi connectivity index (χ4v) is 1.63. The molecule has 2 heterocycles. The number of aromatic carboxylic acids is 1. The van der Waals surface area contributed by atoms with Gasteiger partial charge in [0.05, 0.1) is 17.3 Å². The van der Waals surface area contributed by atoms with Gasteiger partial charge in [-0.15, -0.1) is 0 Å². The Morgan fingerprint density at radius 1 is 1.56 bits per heavy atom. The summed E-state index contributed by atoms with van der Waals surface area (Å²) in [6.45, 7) is 2.56. The largest absolute Gasteiger partial charge is 0.478 e. The second kappa shape index (κ2) is 3.80. The molecule has 0 aliphatic rings. The topological polar surface area (TPSA) is 80.0 Å². The van der Waals surface area contributed by atoms with E-state index in [0.29, 0.717) is 17.9 Å². The highest BCUT2D eigenvalue weighted by molar-refractivity contribution is 6.03. The van der Waals surface area contributed by atoms with Crippen LogP contribution in [0.1, 0.15) is 17.3 Å². The van der Waals surface area contributed by atoms with E-state index in [4.69, 9.17) is 5.11 Å². The number of pyridine rings is 1. The molecule has 0 aliphatic carbocycles. The zero-order valence-corrected chi connectivity index (χ0v) is 9.06. The molecule has 0 bridgehead atoms. The van der Waals surface area contributed by atoms with Crippen LogP contribution < -0.4 is 5.32 Å². The lowest BCUT2D eigenvalue weighted by molar-refractivity contribution is 0.0697. The van der Waals surface area contributed by atoms with Gasteiger partial charge in [-0.3, -0.25) is 4.68 Å². The fraction of sp³-hybridized carbons (Fsp3) is 0.300. The van der Waals surface area contributed by atoms with Crippen LogP contribution in [0.3, 0.4) is 0 Å². The van der Waals surface area contributed by atoms with Gasteiger partial charge >= 0.3 is 5.97 Å². The van der Waals surface area contributed by atoms with Crippen LogP contribution in [-0.4, -0.2) is 32.4 Å². The number of rotatable bonds is 3. The van der Waals surface area contributed by atoms with Crippen LogP contribution in [0, 0.1) is 0 Å². The lowest BCUT2D eigenvalue weighted by atomic mass is 10.2. The lowest BCUT2D eigenvalue weighted by Gasteiger charge is -2.08. The van der Waals surface area contributed by atoms with Gasteiger partial charge in [-0.1, -0.05) is 0 Å². The zero-order valence-electron chi connectivity index (χ0n) is 9.06. The summed E-state index contributed by atoms with van der Waals surface area (Å²) in [4.78, 5) is 15.1. The molecule has 0 atom stereocenters. The number of hydrogen-bond acceptors (Lipinski definition) is 4. The Labute approximate surface area is 91.9 Å². The van der Waals surface area contributed by atoms with Crippen molar-refractivity contribution in [2.45, 2.75) is 6.92 Å². The van der Waals surface area contributed by atoms with Gasteiger partial charge in [0.2, 0.25) is 0 Å². The van der Waals surface area contributed by atoms with E-state index in [2.05, 4.69) is 15.4 Å². The molecule has 6 nitrogen and oxygen atoms in total. The first-order chi connectivity index (χ1) is 7.65. The van der Waals surface area contributed by atoms with Gasteiger partial charge in [0, 0.05) is 19.8 Å². The van der Waals surface area contributed by atoms with Gasteiger partial charge < -0.3 is 10.4 Å². The van der Waals surface area contributed by atoms with Gasteiger partial charge in [0.15, 0.2) is 5.65 Å². The van der Waals surface area contributed by atoms with E-state index in [0.717, 1.165) is 5.39 Å². The number of anilines is 1. The zero-order chi connectivity index (χ0) is 11.7. The standard InChI is InChI=1S/C10H12N4O2/c1-3-11-8-6-5-13-14(2)9(6)12-4-7(8)10(15)16/h4-5H,3H2,1-2H3,(H,11,12)(H,15,16). The summed E-state index contributed by atoms with van der Waals surface area (Å²) in [7, 11) is 1.77. The minimum absolute atomic E-state index is 0.169. The van der Waals surface area contributed by atoms with Crippen LogP contribution in [0.2, 0.25) is 0 Å². The number of aromatic nitrogens is 3. The minimum Gasteiger partial charge on any atom is -0.478 e. The maximum Gasteiger partial charge on any atom is 0.339 e. The summed E-state index contributed by atoms with van der Waals surface area (Å²) >= 11 is 0. The monoisotopic (exact) mass is 220 g/mol. The molecule has 16 heavy (non-hydrogen) atoms. The Bertz CT molecular complexity index is 547. The van der Waals surface area contributed by atoms with Crippen molar-refractivity contribution in [1.82, 2.24) is 14.8 Å². The number of aryl methyl sites for hydroxylation is 1. The SMILES string of the molecule is CCNc1c(C(=O)O)cnc2c1cnn2C. The van der Waals surface area contributed by atoms with Crippen LogP contribution >= 0.6 is 0 Å². The molecule has 0 saturated carbocycles. The fourth-order valence-electron chi connectivity index (χ4n) is 1.63. The summed E-state index contributed by atoms with van der Waals surface area (Å²) < 4.78 is 1.61. The van der Waals surface area contributed by atoms with Crippen molar-refractivity contribution in [3.63, 3.8) is 0 Å². The normalized spacial score (nSPS) is 10.6. The molecule has 0 radical (unpaired) electrons. The smallest absolute Gasteiger partial charge is 0.339 e. The molecule has 0 fully saturated rings. The molecule has 6 heteroatoms. The van der Waals surface area contributed by atoms with E-state index in [1.54, 1.807) is 17.9 Å². The molecule has 0 unspecified atom stereocenters. The van der Waals surface area contributed by atoms with Crippen LogP contribution in [0.5, 0.6) is 0 Å². The van der Waals surface area contributed by atoms with Crippen molar-refractivity contribution in [3.05, 3.63) is 18.0 Å². The molecule has 2 aromatic heterocycles. The van der Waals surface area contributed by atoms with Crippen molar-refractivity contribution >= 4 is 22.7 Å². The third kappa shape index (κ3) is 1.48. The van der Waals surface area contributed by atoms with Crippen molar-refractivity contribution < 1.29 is 9.90 Å². The highest BCUT2D eigenvalue weighted by Crippen LogP contribution is 2.25. The van der Waals surface area contributed by atoms with E-state index >= 15 is 0 Å². The second-order valence-corrected chi connectivity index (χ2v) is 3.39. The van der Waals surface area contributed by atoms with Crippen LogP contribution in [0.25, 0.3) is 11.0 Å². The summed E-state index contributed by atoms with van der Waals surface area (Å²) in [5, 5.41) is 16.9. The highest BCUT2D eigenvalue weighted by atomic mass is 16.4. The number of carboxylic acids is 1. The Hall–Kier alpha value is -2.11. The average molecular weight is 220 g/mol. The van der Waals surface area contributed by atoms with Crippen LogP contribution in [0.15, 0.2) is 12.4 Å². The first-order valence-corrected chi connectivity index (χ1v) is 4.93. The van der Waals surface area contributed by atoms with E-state index < -0.39 is 5.97 Å². The summed E-state index contributed by atoms with van der Waals surface area (Å²) in [5.74, 6) is -0.991. The molecule has 0 saturated heterocycles. The predicted molar refractivity (Wildman–Crippen MR) is 59.6 cm³/mol. The third-order valence-electron chi connectivity index (χ3n) is 2.35. The maximum atomic E-state index is 11.0. The molecule has 2 N–H and O–H groups in total. The molecule has 0 aromatic carbocycles. The Morgan fingerprint density at radius 2 is 2.31 bits per heavy atom. The number of carbonyl (C=O) groups is 1. The van der Waals surface area contributed by atoms with Gasteiger partial charge in [-0.2, -0.15) is 5.10 Å². The van der Waals surface area contributed by atoms with Crippen LogP contribution in [-0.2, 0) is 7.05 Å². The number of carboxylic acid groups (broad SMARTS) is 1. The molecular formula is C10H12N4O2. The van der Waals surface area contributed by atoms with Crippen LogP contribution in [0.4, 0.5) is 5.69 Å². The lowest BCUT2D eigenvalue weighted by Crippen LogP contribution is -2.07. The highest BCUT2D eigenvalue weighted by Gasteiger charge is 2.15. The van der Waals surface area contributed by atoms with E-state index in [-0.39, 0.29) is 5.56 Å². The Balaban J connectivity index is 2.73. The Morgan fingerprint density at radius 3 is 2.94 bits per heavy atom. The van der Waals surface area contributed by atoms with Crippen molar-refractivity contribution in [2.24, 2.45) is 7.05 Å². The number of nitrogens with one attached hydrogen (secondary N) is 1. The molecular weight excluding hydrogens is 208 g/mol. The molecule has 2 aromatic rings. The summed E-state index contributed by atoms with van der Waals surface area (Å²) in [6, 6.07) is 0. The second-order valence-electron chi connectivity index (χ2n) is 3.39. The molecule has 0 aliphatic heterocycles. The third-order valence-corrected chi connectivity index (χ3v) is 2.35. The van der Waals surface area contributed by atoms with Crippen molar-refractivity contribution in [1.29, 1.82) is 0 Å². The van der Waals surface area contributed by atoms with E-state index in [9.17, 15) is 4.79 Å². The average Bonchev–Trinajstić information content (AvgIpc) is 2.61. The van der Waals surface area contributed by atoms with Crippen molar-refractivity contribution in [3.8, 4) is 0 Å². The van der Waals surface area contributed by atoms with Gasteiger partial charge in [0.25, 0.3) is 0 Å². The molecule has 84 valence electrons. The summed E-state index contributed by atoms with van der Waals surface area (Å²) in [6.07, 6.45) is 2.97. The molecule has 2 rings (SSSR count). The van der Waals surface area contributed by atoms with Crippen molar-refractivity contribution in [2.75, 3.05) is 11.9 Å².